The first-order chi connectivity index (χ1) is 10.9. The van der Waals surface area contributed by atoms with Gasteiger partial charge in [-0.05, 0) is 63.6 Å². The second-order valence-corrected chi connectivity index (χ2v) is 7.45. The molecule has 0 bridgehead atoms. The molecule has 3 heteroatoms. The summed E-state index contributed by atoms with van der Waals surface area (Å²) in [6.45, 7) is 6.75. The van der Waals surface area contributed by atoms with Gasteiger partial charge < -0.3 is 10.0 Å². The molecule has 1 aromatic rings. The van der Waals surface area contributed by atoms with Crippen LogP contribution in [0.1, 0.15) is 75.2 Å². The van der Waals surface area contributed by atoms with Gasteiger partial charge in [0.05, 0.1) is 5.60 Å². The summed E-state index contributed by atoms with van der Waals surface area (Å²) >= 11 is 0. The van der Waals surface area contributed by atoms with Crippen LogP contribution in [0.2, 0.25) is 0 Å². The van der Waals surface area contributed by atoms with E-state index in [0.29, 0.717) is 6.04 Å². The molecule has 128 valence electrons. The molecular weight excluding hydrogens is 286 g/mol. The van der Waals surface area contributed by atoms with Crippen LogP contribution in [0.15, 0.2) is 24.3 Å². The number of unbranched alkanes of at least 4 members (excludes halogenated alkanes) is 1. The topological polar surface area (TPSA) is 40.5 Å². The minimum Gasteiger partial charge on any atom is -0.390 e. The van der Waals surface area contributed by atoms with Crippen LogP contribution in [0.25, 0.3) is 0 Å². The second-order valence-electron chi connectivity index (χ2n) is 7.45. The Morgan fingerprint density at radius 2 is 2.00 bits per heavy atom. The largest absolute Gasteiger partial charge is 0.390 e. The van der Waals surface area contributed by atoms with Crippen molar-refractivity contribution in [2.45, 2.75) is 77.4 Å². The molecular formula is C20H31NO2. The lowest BCUT2D eigenvalue weighted by Crippen LogP contribution is -2.35. The van der Waals surface area contributed by atoms with Crippen LogP contribution in [-0.4, -0.2) is 34.1 Å². The summed E-state index contributed by atoms with van der Waals surface area (Å²) in [5, 5.41) is 9.80. The molecule has 0 radical (unpaired) electrons. The molecule has 1 atom stereocenters. The molecule has 3 nitrogen and oxygen atoms in total. The van der Waals surface area contributed by atoms with E-state index in [1.54, 1.807) is 0 Å². The van der Waals surface area contributed by atoms with Crippen molar-refractivity contribution in [1.29, 1.82) is 0 Å². The van der Waals surface area contributed by atoms with Gasteiger partial charge in [0.15, 0.2) is 0 Å². The molecule has 1 N–H and O–H groups in total. The fraction of sp³-hybridized carbons (Fsp3) is 0.650. The Hall–Kier alpha value is -1.35. The molecule has 0 saturated carbocycles. The number of carbonyl (C=O) groups is 1. The Balaban J connectivity index is 1.97. The van der Waals surface area contributed by atoms with Gasteiger partial charge in [0.1, 0.15) is 0 Å². The van der Waals surface area contributed by atoms with Crippen molar-refractivity contribution in [1.82, 2.24) is 4.90 Å². The molecule has 1 saturated heterocycles. The van der Waals surface area contributed by atoms with E-state index in [9.17, 15) is 9.90 Å². The van der Waals surface area contributed by atoms with Crippen molar-refractivity contribution in [3.05, 3.63) is 35.4 Å². The van der Waals surface area contributed by atoms with E-state index < -0.39 is 5.60 Å². The van der Waals surface area contributed by atoms with E-state index in [-0.39, 0.29) is 5.91 Å². The summed E-state index contributed by atoms with van der Waals surface area (Å²) in [6, 6.07) is 8.36. The van der Waals surface area contributed by atoms with E-state index in [0.717, 1.165) is 44.2 Å². The molecule has 1 aliphatic rings. The predicted octanol–water partition coefficient (Wildman–Crippen LogP) is 4.18. The van der Waals surface area contributed by atoms with Crippen molar-refractivity contribution < 1.29 is 9.90 Å². The number of hydrogen-bond donors (Lipinski definition) is 1. The van der Waals surface area contributed by atoms with Gasteiger partial charge in [-0.25, -0.2) is 0 Å². The number of aliphatic hydroxyl groups is 1. The summed E-state index contributed by atoms with van der Waals surface area (Å²) in [5.74, 6) is 0.178. The number of rotatable bonds is 7. The summed E-state index contributed by atoms with van der Waals surface area (Å²) in [4.78, 5) is 14.8. The van der Waals surface area contributed by atoms with Crippen LogP contribution in [0.3, 0.4) is 0 Å². The first-order valence-corrected chi connectivity index (χ1v) is 9.03. The summed E-state index contributed by atoms with van der Waals surface area (Å²) in [6.07, 6.45) is 7.36. The van der Waals surface area contributed by atoms with Crippen LogP contribution in [0, 0.1) is 0 Å². The molecule has 1 heterocycles. The van der Waals surface area contributed by atoms with Crippen LogP contribution in [-0.2, 0) is 6.42 Å². The Kier molecular flexibility index (Phi) is 6.23. The highest BCUT2D eigenvalue weighted by molar-refractivity contribution is 5.94. The lowest BCUT2D eigenvalue weighted by atomic mass is 9.98. The Morgan fingerprint density at radius 1 is 1.30 bits per heavy atom. The van der Waals surface area contributed by atoms with Crippen molar-refractivity contribution in [2.75, 3.05) is 6.54 Å². The highest BCUT2D eigenvalue weighted by Crippen LogP contribution is 2.24. The monoisotopic (exact) mass is 317 g/mol. The maximum atomic E-state index is 12.7. The molecule has 1 unspecified atom stereocenters. The van der Waals surface area contributed by atoms with Crippen molar-refractivity contribution in [2.24, 2.45) is 0 Å². The van der Waals surface area contributed by atoms with Gasteiger partial charge in [0.2, 0.25) is 0 Å². The number of nitrogens with zero attached hydrogens (tertiary/aromatic N) is 1. The van der Waals surface area contributed by atoms with Crippen molar-refractivity contribution in [3.8, 4) is 0 Å². The second kappa shape index (κ2) is 7.96. The average Bonchev–Trinajstić information content (AvgIpc) is 2.98. The standard InChI is InChI=1S/C20H31NO2/c1-4-5-7-18-8-6-15-21(18)19(22)17-11-9-16(10-12-17)13-14-20(2,3)23/h9-12,18,23H,4-8,13-15H2,1-3H3. The van der Waals surface area contributed by atoms with E-state index in [2.05, 4.69) is 11.8 Å². The molecule has 0 aromatic heterocycles. The van der Waals surface area contributed by atoms with E-state index in [1.807, 2.05) is 38.1 Å². The third-order valence-electron chi connectivity index (χ3n) is 4.76. The number of carbonyl (C=O) groups excluding carboxylic acids is 1. The normalized spacial score (nSPS) is 18.4. The fourth-order valence-electron chi connectivity index (χ4n) is 3.27. The van der Waals surface area contributed by atoms with Crippen LogP contribution < -0.4 is 0 Å². The van der Waals surface area contributed by atoms with E-state index in [1.165, 1.54) is 18.4 Å². The minimum atomic E-state index is -0.642. The van der Waals surface area contributed by atoms with Gasteiger partial charge in [0, 0.05) is 18.2 Å². The smallest absolute Gasteiger partial charge is 0.254 e. The lowest BCUT2D eigenvalue weighted by Gasteiger charge is -2.25. The van der Waals surface area contributed by atoms with Gasteiger partial charge >= 0.3 is 0 Å². The molecule has 0 aliphatic carbocycles. The number of benzene rings is 1. The quantitative estimate of drug-likeness (QED) is 0.819. The van der Waals surface area contributed by atoms with Crippen molar-refractivity contribution in [3.63, 3.8) is 0 Å². The Bertz CT molecular complexity index is 501. The van der Waals surface area contributed by atoms with Gasteiger partial charge in [-0.1, -0.05) is 31.9 Å². The zero-order chi connectivity index (χ0) is 16.9. The van der Waals surface area contributed by atoms with Crippen molar-refractivity contribution >= 4 is 5.91 Å². The summed E-state index contributed by atoms with van der Waals surface area (Å²) in [7, 11) is 0. The molecule has 1 aromatic carbocycles. The first kappa shape index (κ1) is 18.0. The first-order valence-electron chi connectivity index (χ1n) is 9.03. The lowest BCUT2D eigenvalue weighted by molar-refractivity contribution is 0.0709. The van der Waals surface area contributed by atoms with Gasteiger partial charge in [-0.15, -0.1) is 0 Å². The number of hydrogen-bond acceptors (Lipinski definition) is 2. The van der Waals surface area contributed by atoms with Crippen LogP contribution in [0.4, 0.5) is 0 Å². The Morgan fingerprint density at radius 3 is 2.61 bits per heavy atom. The number of likely N-dealkylation sites (tertiary alicyclic amines) is 1. The zero-order valence-electron chi connectivity index (χ0n) is 14.8. The summed E-state index contributed by atoms with van der Waals surface area (Å²) in [5.41, 5.74) is 1.32. The maximum absolute atomic E-state index is 12.7. The van der Waals surface area contributed by atoms with Gasteiger partial charge in [-0.3, -0.25) is 4.79 Å². The SMILES string of the molecule is CCCCC1CCCN1C(=O)c1ccc(CCC(C)(C)O)cc1. The molecule has 1 fully saturated rings. The maximum Gasteiger partial charge on any atom is 0.254 e. The summed E-state index contributed by atoms with van der Waals surface area (Å²) < 4.78 is 0. The number of aryl methyl sites for hydroxylation is 1. The predicted molar refractivity (Wildman–Crippen MR) is 94.6 cm³/mol. The molecule has 23 heavy (non-hydrogen) atoms. The highest BCUT2D eigenvalue weighted by Gasteiger charge is 2.28. The third kappa shape index (κ3) is 5.35. The Labute approximate surface area is 140 Å². The molecule has 1 aliphatic heterocycles. The minimum absolute atomic E-state index is 0.178. The number of amides is 1. The van der Waals surface area contributed by atoms with E-state index in [4.69, 9.17) is 0 Å². The van der Waals surface area contributed by atoms with Gasteiger partial charge in [0.25, 0.3) is 5.91 Å². The molecule has 2 rings (SSSR count). The molecule has 0 spiro atoms. The third-order valence-corrected chi connectivity index (χ3v) is 4.76. The zero-order valence-corrected chi connectivity index (χ0v) is 14.8. The van der Waals surface area contributed by atoms with Gasteiger partial charge in [-0.2, -0.15) is 0 Å². The van der Waals surface area contributed by atoms with Crippen LogP contribution in [0.5, 0.6) is 0 Å². The van der Waals surface area contributed by atoms with Crippen LogP contribution >= 0.6 is 0 Å². The average molecular weight is 317 g/mol. The van der Waals surface area contributed by atoms with E-state index >= 15 is 0 Å². The fourth-order valence-corrected chi connectivity index (χ4v) is 3.27. The highest BCUT2D eigenvalue weighted by atomic mass is 16.3. The molecule has 1 amide bonds.